The Labute approximate surface area is 348 Å². The third-order valence-corrected chi connectivity index (χ3v) is 14.2. The molecule has 2 aliphatic carbocycles. The van der Waals surface area contributed by atoms with Gasteiger partial charge in [0.15, 0.2) is 0 Å². The van der Waals surface area contributed by atoms with Crippen molar-refractivity contribution < 1.29 is 0 Å². The number of aromatic nitrogens is 1. The first-order chi connectivity index (χ1) is 29.1. The van der Waals surface area contributed by atoms with Crippen LogP contribution >= 0.6 is 11.3 Å². The maximum Gasteiger partial charge on any atom is 0.0653 e. The Bertz CT molecular complexity index is 3320. The van der Waals surface area contributed by atoms with Crippen molar-refractivity contribution in [1.82, 2.24) is 4.57 Å². The van der Waals surface area contributed by atoms with Crippen LogP contribution in [0, 0.1) is 0 Å². The zero-order valence-corrected chi connectivity index (χ0v) is 33.6. The van der Waals surface area contributed by atoms with Crippen molar-refractivity contribution in [2.75, 3.05) is 0 Å². The van der Waals surface area contributed by atoms with Crippen LogP contribution in [0.25, 0.3) is 64.4 Å². The first-order valence-electron chi connectivity index (χ1n) is 20.7. The number of fused-ring (bicyclic) bond motifs is 12. The molecule has 0 amide bonds. The first-order valence-corrected chi connectivity index (χ1v) is 21.5. The fraction of sp³-hybridized carbons (Fsp3) is 0.0893. The van der Waals surface area contributed by atoms with Gasteiger partial charge in [-0.25, -0.2) is 0 Å². The second-order valence-electron chi connectivity index (χ2n) is 16.3. The number of thiophene rings is 1. The molecule has 1 saturated carbocycles. The van der Waals surface area contributed by atoms with Gasteiger partial charge in [-0.1, -0.05) is 146 Å². The first kappa shape index (κ1) is 34.3. The van der Waals surface area contributed by atoms with E-state index in [4.69, 9.17) is 4.99 Å². The predicted octanol–water partition coefficient (Wildman–Crippen LogP) is 14.7. The number of hydrogen-bond acceptors (Lipinski definition) is 2. The molecule has 0 bridgehead atoms. The maximum absolute atomic E-state index is 5.22. The van der Waals surface area contributed by atoms with Crippen LogP contribution in [0.5, 0.6) is 0 Å². The van der Waals surface area contributed by atoms with E-state index in [1.54, 1.807) is 0 Å². The van der Waals surface area contributed by atoms with Gasteiger partial charge in [-0.2, -0.15) is 0 Å². The van der Waals surface area contributed by atoms with Crippen molar-refractivity contribution >= 4 is 64.6 Å². The van der Waals surface area contributed by atoms with Gasteiger partial charge in [0.25, 0.3) is 0 Å². The fourth-order valence-electron chi connectivity index (χ4n) is 10.1. The molecule has 1 fully saturated rings. The average molecular weight is 773 g/mol. The molecule has 280 valence electrons. The number of aliphatic imine (C=N–C) groups is 1. The highest BCUT2D eigenvalue weighted by Crippen LogP contribution is 2.70. The molecule has 0 radical (unpaired) electrons. The topological polar surface area (TPSA) is 17.3 Å². The van der Waals surface area contributed by atoms with Crippen LogP contribution in [0.4, 0.5) is 0 Å². The van der Waals surface area contributed by atoms with Crippen LogP contribution in [0.3, 0.4) is 0 Å². The van der Waals surface area contributed by atoms with Gasteiger partial charge in [0.1, 0.15) is 0 Å². The summed E-state index contributed by atoms with van der Waals surface area (Å²) in [6, 6.07) is 69.5. The van der Waals surface area contributed by atoms with Crippen LogP contribution in [0.2, 0.25) is 0 Å². The van der Waals surface area contributed by atoms with E-state index in [0.29, 0.717) is 12.5 Å². The van der Waals surface area contributed by atoms with E-state index in [0.717, 1.165) is 23.4 Å². The van der Waals surface area contributed by atoms with Crippen molar-refractivity contribution in [2.45, 2.75) is 31.2 Å². The van der Waals surface area contributed by atoms with Crippen LogP contribution in [-0.4, -0.2) is 10.3 Å². The second-order valence-corrected chi connectivity index (χ2v) is 17.4. The molecule has 2 nitrogen and oxygen atoms in total. The minimum absolute atomic E-state index is 0.0133. The third-order valence-electron chi connectivity index (χ3n) is 13.0. The summed E-state index contributed by atoms with van der Waals surface area (Å²) in [5, 5.41) is 5.23. The summed E-state index contributed by atoms with van der Waals surface area (Å²) >= 11 is 1.89. The van der Waals surface area contributed by atoms with Crippen molar-refractivity contribution in [3.63, 3.8) is 0 Å². The molecule has 0 saturated heterocycles. The van der Waals surface area contributed by atoms with E-state index in [1.165, 1.54) is 86.5 Å². The fourth-order valence-corrected chi connectivity index (χ4v) is 11.2. The number of nitrogens with zero attached hydrogens (tertiary/aromatic N) is 2. The summed E-state index contributed by atoms with van der Waals surface area (Å²) in [5.74, 6) is 0.434. The standard InChI is InChI=1S/C56H40N2S/c1-36(38-17-7-3-8-18-38)29-51(57-35-37-15-5-2-6-16-37)39-25-27-41(28-26-39)58-52-31-45-44(42-21-11-13-23-49(42)56(34-50(45)56)40-19-9-4-10-20-40)30-46(52)47-33-55-48(32-53(47)58)43-22-12-14-24-54(43)59-55/h2-33,50H,34-35H2,1H3/b36-29+,57-51?. The molecule has 59 heavy (non-hydrogen) atoms. The van der Waals surface area contributed by atoms with Gasteiger partial charge in [-0.3, -0.25) is 4.99 Å². The Kier molecular flexibility index (Phi) is 7.76. The molecule has 0 spiro atoms. The number of benzene rings is 8. The zero-order valence-electron chi connectivity index (χ0n) is 32.8. The molecular formula is C56H40N2S. The van der Waals surface area contributed by atoms with E-state index in [-0.39, 0.29) is 5.41 Å². The van der Waals surface area contributed by atoms with E-state index in [2.05, 4.69) is 206 Å². The highest BCUT2D eigenvalue weighted by molar-refractivity contribution is 7.25. The van der Waals surface area contributed by atoms with Crippen LogP contribution in [-0.2, 0) is 12.0 Å². The van der Waals surface area contributed by atoms with Gasteiger partial charge in [-0.15, -0.1) is 11.3 Å². The number of rotatable bonds is 7. The molecule has 2 aromatic heterocycles. The maximum atomic E-state index is 5.22. The molecule has 0 aliphatic heterocycles. The summed E-state index contributed by atoms with van der Waals surface area (Å²) in [7, 11) is 0. The van der Waals surface area contributed by atoms with E-state index in [1.807, 2.05) is 11.3 Å². The summed E-state index contributed by atoms with van der Waals surface area (Å²) in [4.78, 5) is 5.22. The Morgan fingerprint density at radius 1 is 0.610 bits per heavy atom. The largest absolute Gasteiger partial charge is 0.309 e. The molecule has 2 aliphatic rings. The SMILES string of the molecule is C/C(=C\C(=NCc1ccccc1)c1ccc(-n2c3cc4c(cc3c3cc5sc6ccccc6c5cc32)-c2ccccc2C2(c3ccccc3)CC42)cc1)c1ccccc1. The third kappa shape index (κ3) is 5.42. The van der Waals surface area contributed by atoms with Crippen molar-refractivity contribution in [1.29, 1.82) is 0 Å². The lowest BCUT2D eigenvalue weighted by Crippen LogP contribution is -2.17. The van der Waals surface area contributed by atoms with Gasteiger partial charge in [0.05, 0.1) is 23.3 Å². The predicted molar refractivity (Wildman–Crippen MR) is 250 cm³/mol. The molecule has 8 aromatic carbocycles. The summed E-state index contributed by atoms with van der Waals surface area (Å²) in [5.41, 5.74) is 16.4. The smallest absolute Gasteiger partial charge is 0.0653 e. The quantitative estimate of drug-likeness (QED) is 0.144. The minimum Gasteiger partial charge on any atom is -0.309 e. The molecule has 2 heterocycles. The second kappa shape index (κ2) is 13.4. The normalized spacial score (nSPS) is 17.3. The van der Waals surface area contributed by atoms with Gasteiger partial charge in [0.2, 0.25) is 0 Å². The number of hydrogen-bond donors (Lipinski definition) is 0. The lowest BCUT2D eigenvalue weighted by molar-refractivity contribution is 0.794. The average Bonchev–Trinajstić information content (AvgIpc) is 3.87. The molecule has 0 N–H and O–H groups in total. The highest BCUT2D eigenvalue weighted by Gasteiger charge is 2.60. The molecular weight excluding hydrogens is 733 g/mol. The van der Waals surface area contributed by atoms with Crippen LogP contribution < -0.4 is 0 Å². The monoisotopic (exact) mass is 772 g/mol. The summed E-state index contributed by atoms with van der Waals surface area (Å²) in [6.07, 6.45) is 3.37. The van der Waals surface area contributed by atoms with Gasteiger partial charge < -0.3 is 4.57 Å². The Hall–Kier alpha value is -6.81. The zero-order chi connectivity index (χ0) is 39.1. The number of allylic oxidation sites excluding steroid dienone is 2. The van der Waals surface area contributed by atoms with Crippen molar-refractivity contribution in [3.8, 4) is 16.8 Å². The molecule has 3 heteroatoms. The lowest BCUT2D eigenvalue weighted by atomic mass is 9.74. The molecule has 10 aromatic rings. The molecule has 12 rings (SSSR count). The molecule has 2 unspecified atom stereocenters. The Balaban J connectivity index is 1.06. The van der Waals surface area contributed by atoms with Gasteiger partial charge in [0, 0.05) is 42.0 Å². The van der Waals surface area contributed by atoms with Crippen molar-refractivity contribution in [3.05, 3.63) is 228 Å². The van der Waals surface area contributed by atoms with Crippen molar-refractivity contribution in [2.24, 2.45) is 4.99 Å². The minimum atomic E-state index is 0.0133. The Morgan fingerprint density at radius 2 is 1.29 bits per heavy atom. The highest BCUT2D eigenvalue weighted by atomic mass is 32.1. The van der Waals surface area contributed by atoms with Crippen LogP contribution in [0.15, 0.2) is 199 Å². The van der Waals surface area contributed by atoms with Gasteiger partial charge in [-0.05, 0) is 118 Å². The van der Waals surface area contributed by atoms with E-state index in [9.17, 15) is 0 Å². The summed E-state index contributed by atoms with van der Waals surface area (Å²) < 4.78 is 5.18. The summed E-state index contributed by atoms with van der Waals surface area (Å²) in [6.45, 7) is 2.80. The van der Waals surface area contributed by atoms with E-state index < -0.39 is 0 Å². The molecule has 2 atom stereocenters. The lowest BCUT2D eigenvalue weighted by Gasteiger charge is -2.29. The van der Waals surface area contributed by atoms with Gasteiger partial charge >= 0.3 is 0 Å². The Morgan fingerprint density at radius 3 is 2.10 bits per heavy atom. The van der Waals surface area contributed by atoms with Crippen LogP contribution in [0.1, 0.15) is 52.6 Å². The van der Waals surface area contributed by atoms with E-state index >= 15 is 0 Å².